The Kier molecular flexibility index (Phi) is 7.60. The monoisotopic (exact) mass is 281 g/mol. The fourth-order valence-electron chi connectivity index (χ4n) is 1.77. The van der Waals surface area contributed by atoms with E-state index in [9.17, 15) is 4.79 Å². The van der Waals surface area contributed by atoms with E-state index in [1.165, 1.54) is 12.7 Å². The van der Waals surface area contributed by atoms with Crippen LogP contribution in [-0.4, -0.2) is 30.6 Å². The van der Waals surface area contributed by atoms with Crippen LogP contribution in [-0.2, 0) is 22.5 Å². The smallest absolute Gasteiger partial charge is 0.309 e. The van der Waals surface area contributed by atoms with Crippen molar-refractivity contribution in [3.63, 3.8) is 0 Å². The highest BCUT2D eigenvalue weighted by Gasteiger charge is 2.08. The molecule has 1 rings (SSSR count). The second-order valence-corrected chi connectivity index (χ2v) is 5.78. The maximum atomic E-state index is 11.4. The quantitative estimate of drug-likeness (QED) is 0.743. The highest BCUT2D eigenvalue weighted by Crippen LogP contribution is 2.11. The lowest BCUT2D eigenvalue weighted by molar-refractivity contribution is -0.139. The van der Waals surface area contributed by atoms with Crippen LogP contribution in [0.2, 0.25) is 0 Å². The lowest BCUT2D eigenvalue weighted by Crippen LogP contribution is -2.28. The van der Waals surface area contributed by atoms with Crippen molar-refractivity contribution in [3.05, 3.63) is 35.4 Å². The van der Waals surface area contributed by atoms with Crippen molar-refractivity contribution < 1.29 is 9.53 Å². The Labute approximate surface area is 120 Å². The first-order valence-electron chi connectivity index (χ1n) is 6.62. The van der Waals surface area contributed by atoms with Gasteiger partial charge in [0.1, 0.15) is 0 Å². The second-order valence-electron chi connectivity index (χ2n) is 4.46. The summed E-state index contributed by atoms with van der Waals surface area (Å²) in [5, 5.41) is 3.49. The SMILES string of the molecule is CCSCC(C)NCc1ccccc1CC(=O)OC. The van der Waals surface area contributed by atoms with Gasteiger partial charge in [-0.1, -0.05) is 31.2 Å². The summed E-state index contributed by atoms with van der Waals surface area (Å²) in [7, 11) is 1.42. The van der Waals surface area contributed by atoms with Crippen molar-refractivity contribution >= 4 is 17.7 Å². The van der Waals surface area contributed by atoms with Crippen LogP contribution in [0.4, 0.5) is 0 Å². The lowest BCUT2D eigenvalue weighted by Gasteiger charge is -2.15. The average Bonchev–Trinajstić information content (AvgIpc) is 2.44. The molecular weight excluding hydrogens is 258 g/mol. The van der Waals surface area contributed by atoms with Gasteiger partial charge in [0.25, 0.3) is 0 Å². The minimum absolute atomic E-state index is 0.193. The van der Waals surface area contributed by atoms with Gasteiger partial charge in [0.15, 0.2) is 0 Å². The molecule has 0 heterocycles. The van der Waals surface area contributed by atoms with E-state index in [-0.39, 0.29) is 5.97 Å². The largest absolute Gasteiger partial charge is 0.469 e. The molecule has 0 aliphatic rings. The number of methoxy groups -OCH3 is 1. The number of carbonyl (C=O) groups excluding carboxylic acids is 1. The van der Waals surface area contributed by atoms with Crippen molar-refractivity contribution in [2.45, 2.75) is 32.9 Å². The summed E-state index contributed by atoms with van der Waals surface area (Å²) < 4.78 is 4.73. The Morgan fingerprint density at radius 3 is 2.68 bits per heavy atom. The summed E-state index contributed by atoms with van der Waals surface area (Å²) in [5.41, 5.74) is 2.21. The maximum absolute atomic E-state index is 11.4. The van der Waals surface area contributed by atoms with E-state index in [4.69, 9.17) is 4.74 Å². The van der Waals surface area contributed by atoms with Crippen LogP contribution in [0.1, 0.15) is 25.0 Å². The summed E-state index contributed by atoms with van der Waals surface area (Å²) in [4.78, 5) is 11.4. The number of hydrogen-bond donors (Lipinski definition) is 1. The molecule has 4 heteroatoms. The molecule has 1 unspecified atom stereocenters. The van der Waals surface area contributed by atoms with E-state index in [1.54, 1.807) is 0 Å². The van der Waals surface area contributed by atoms with Crippen molar-refractivity contribution in [1.82, 2.24) is 5.32 Å². The maximum Gasteiger partial charge on any atom is 0.309 e. The van der Waals surface area contributed by atoms with Crippen LogP contribution in [0.5, 0.6) is 0 Å². The molecule has 1 atom stereocenters. The van der Waals surface area contributed by atoms with Gasteiger partial charge in [-0.25, -0.2) is 0 Å². The number of carbonyl (C=O) groups is 1. The van der Waals surface area contributed by atoms with Gasteiger partial charge in [0, 0.05) is 18.3 Å². The third-order valence-electron chi connectivity index (χ3n) is 2.89. The Morgan fingerprint density at radius 2 is 2.05 bits per heavy atom. The van der Waals surface area contributed by atoms with Crippen LogP contribution in [0, 0.1) is 0 Å². The van der Waals surface area contributed by atoms with E-state index in [0.29, 0.717) is 12.5 Å². The molecule has 0 aliphatic carbocycles. The molecule has 0 radical (unpaired) electrons. The van der Waals surface area contributed by atoms with E-state index >= 15 is 0 Å². The van der Waals surface area contributed by atoms with Crippen molar-refractivity contribution in [3.8, 4) is 0 Å². The zero-order chi connectivity index (χ0) is 14.1. The first-order valence-corrected chi connectivity index (χ1v) is 7.77. The van der Waals surface area contributed by atoms with Crippen molar-refractivity contribution in [2.75, 3.05) is 18.6 Å². The number of rotatable bonds is 8. The number of hydrogen-bond acceptors (Lipinski definition) is 4. The Balaban J connectivity index is 2.55. The van der Waals surface area contributed by atoms with Gasteiger partial charge in [-0.3, -0.25) is 4.79 Å². The standard InChI is InChI=1S/C15H23NO2S/c1-4-19-11-12(2)16-10-14-8-6-5-7-13(14)9-15(17)18-3/h5-8,12,16H,4,9-11H2,1-3H3. The van der Waals surface area contributed by atoms with Gasteiger partial charge >= 0.3 is 5.97 Å². The van der Waals surface area contributed by atoms with Crippen molar-refractivity contribution in [2.24, 2.45) is 0 Å². The third kappa shape index (κ3) is 6.12. The van der Waals surface area contributed by atoms with Crippen LogP contribution in [0.25, 0.3) is 0 Å². The first-order chi connectivity index (χ1) is 9.17. The Hall–Kier alpha value is -1.00. The van der Waals surface area contributed by atoms with E-state index < -0.39 is 0 Å². The number of thioether (sulfide) groups is 1. The summed E-state index contributed by atoms with van der Waals surface area (Å²) >= 11 is 1.93. The van der Waals surface area contributed by atoms with Gasteiger partial charge in [-0.05, 0) is 23.8 Å². The zero-order valence-corrected chi connectivity index (χ0v) is 12.8. The molecule has 0 saturated carbocycles. The second kappa shape index (κ2) is 8.99. The average molecular weight is 281 g/mol. The molecule has 0 bridgehead atoms. The number of esters is 1. The van der Waals surface area contributed by atoms with Crippen LogP contribution < -0.4 is 5.32 Å². The Bertz CT molecular complexity index is 395. The lowest BCUT2D eigenvalue weighted by atomic mass is 10.0. The van der Waals surface area contributed by atoms with Gasteiger partial charge < -0.3 is 10.1 Å². The molecular formula is C15H23NO2S. The van der Waals surface area contributed by atoms with Crippen LogP contribution in [0.3, 0.4) is 0 Å². The molecule has 0 saturated heterocycles. The number of nitrogens with one attached hydrogen (secondary N) is 1. The summed E-state index contributed by atoms with van der Waals surface area (Å²) in [6, 6.07) is 8.47. The van der Waals surface area contributed by atoms with E-state index in [1.807, 2.05) is 30.0 Å². The minimum atomic E-state index is -0.193. The molecule has 19 heavy (non-hydrogen) atoms. The van der Waals surface area contributed by atoms with E-state index in [2.05, 4.69) is 25.2 Å². The normalized spacial score (nSPS) is 12.2. The predicted molar refractivity (Wildman–Crippen MR) is 81.5 cm³/mol. The van der Waals surface area contributed by atoms with Crippen LogP contribution in [0.15, 0.2) is 24.3 Å². The minimum Gasteiger partial charge on any atom is -0.469 e. The molecule has 0 spiro atoms. The number of benzene rings is 1. The topological polar surface area (TPSA) is 38.3 Å². The fourth-order valence-corrected chi connectivity index (χ4v) is 2.47. The molecule has 0 aromatic heterocycles. The van der Waals surface area contributed by atoms with Gasteiger partial charge in [0.05, 0.1) is 13.5 Å². The molecule has 1 N–H and O–H groups in total. The fraction of sp³-hybridized carbons (Fsp3) is 0.533. The first kappa shape index (κ1) is 16.1. The third-order valence-corrected chi connectivity index (χ3v) is 4.04. The molecule has 106 valence electrons. The molecule has 0 fully saturated rings. The summed E-state index contributed by atoms with van der Waals surface area (Å²) in [6.07, 6.45) is 0.340. The summed E-state index contributed by atoms with van der Waals surface area (Å²) in [5.74, 6) is 2.06. The molecule has 1 aromatic carbocycles. The zero-order valence-electron chi connectivity index (χ0n) is 11.9. The van der Waals surface area contributed by atoms with Gasteiger partial charge in [-0.15, -0.1) is 0 Å². The highest BCUT2D eigenvalue weighted by molar-refractivity contribution is 7.99. The summed E-state index contributed by atoms with van der Waals surface area (Å²) in [6.45, 7) is 5.15. The van der Waals surface area contributed by atoms with Gasteiger partial charge in [0.2, 0.25) is 0 Å². The predicted octanol–water partition coefficient (Wildman–Crippen LogP) is 2.63. The molecule has 0 aliphatic heterocycles. The van der Waals surface area contributed by atoms with Gasteiger partial charge in [-0.2, -0.15) is 11.8 Å². The van der Waals surface area contributed by atoms with Crippen LogP contribution >= 0.6 is 11.8 Å². The van der Waals surface area contributed by atoms with Crippen molar-refractivity contribution in [1.29, 1.82) is 0 Å². The molecule has 1 aromatic rings. The van der Waals surface area contributed by atoms with E-state index in [0.717, 1.165) is 23.6 Å². The Morgan fingerprint density at radius 1 is 1.37 bits per heavy atom. The number of ether oxygens (including phenoxy) is 1. The molecule has 3 nitrogen and oxygen atoms in total. The molecule has 0 amide bonds. The highest BCUT2D eigenvalue weighted by atomic mass is 32.2.